The van der Waals surface area contributed by atoms with E-state index in [1.807, 2.05) is 31.1 Å². The topological polar surface area (TPSA) is 96.9 Å². The molecule has 0 bridgehead atoms. The van der Waals surface area contributed by atoms with Crippen LogP contribution in [0.4, 0.5) is 11.8 Å². The van der Waals surface area contributed by atoms with Gasteiger partial charge in [0, 0.05) is 45.2 Å². The van der Waals surface area contributed by atoms with E-state index >= 15 is 0 Å². The van der Waals surface area contributed by atoms with Gasteiger partial charge in [0.15, 0.2) is 11.5 Å². The fraction of sp³-hybridized carbons (Fsp3) is 0.579. The van der Waals surface area contributed by atoms with E-state index in [1.165, 1.54) is 0 Å². The van der Waals surface area contributed by atoms with Crippen LogP contribution in [0.5, 0.6) is 11.5 Å². The lowest BCUT2D eigenvalue weighted by Crippen LogP contribution is -2.35. The minimum atomic E-state index is -2.52. The highest BCUT2D eigenvalue weighted by Gasteiger charge is 2.23. The van der Waals surface area contributed by atoms with Crippen LogP contribution < -0.4 is 24.0 Å². The van der Waals surface area contributed by atoms with Crippen molar-refractivity contribution >= 4 is 33.6 Å². The first-order valence-corrected chi connectivity index (χ1v) is 10.8. The third-order valence-electron chi connectivity index (χ3n) is 5.28. The summed E-state index contributed by atoms with van der Waals surface area (Å²) < 4.78 is 34.7. The van der Waals surface area contributed by atoms with Crippen LogP contribution in [0.1, 0.15) is 19.3 Å². The molecule has 1 fully saturated rings. The first kappa shape index (κ1) is 21.4. The zero-order valence-corrected chi connectivity index (χ0v) is 18.2. The second-order valence-corrected chi connectivity index (χ2v) is 8.18. The number of ether oxygens (including phenoxy) is 2. The van der Waals surface area contributed by atoms with Crippen LogP contribution in [0.15, 0.2) is 12.1 Å². The molecule has 1 saturated heterocycles. The second-order valence-electron chi connectivity index (χ2n) is 7.35. The highest BCUT2D eigenvalue weighted by atomic mass is 32.2. The Hall–Kier alpha value is -2.33. The fourth-order valence-electron chi connectivity index (χ4n) is 3.66. The monoisotopic (exact) mass is 423 g/mol. The van der Waals surface area contributed by atoms with Crippen LogP contribution in [0.3, 0.4) is 0 Å². The molecule has 2 heterocycles. The minimum Gasteiger partial charge on any atom is -0.493 e. The number of piperidine rings is 1. The lowest BCUT2D eigenvalue weighted by atomic mass is 9.93. The molecule has 0 atom stereocenters. The summed E-state index contributed by atoms with van der Waals surface area (Å²) in [6.45, 7) is 2.23. The number of methoxy groups -OCH3 is 2. The summed E-state index contributed by atoms with van der Waals surface area (Å²) in [5, 5.41) is 0.928. The van der Waals surface area contributed by atoms with Crippen molar-refractivity contribution in [3.8, 4) is 11.5 Å². The van der Waals surface area contributed by atoms with E-state index in [0.717, 1.165) is 49.1 Å². The van der Waals surface area contributed by atoms with Gasteiger partial charge in [0.1, 0.15) is 5.82 Å². The molecule has 10 heteroatoms. The van der Waals surface area contributed by atoms with Crippen molar-refractivity contribution in [1.29, 1.82) is 0 Å². The summed E-state index contributed by atoms with van der Waals surface area (Å²) in [4.78, 5) is 13.7. The Bertz CT molecular complexity index is 918. The number of rotatable bonds is 8. The smallest absolute Gasteiger partial charge is 0.227 e. The molecule has 0 spiro atoms. The van der Waals surface area contributed by atoms with Crippen molar-refractivity contribution in [1.82, 2.24) is 14.7 Å². The van der Waals surface area contributed by atoms with Crippen LogP contribution >= 0.6 is 0 Å². The number of hydrogen-bond donors (Lipinski definition) is 2. The van der Waals surface area contributed by atoms with Crippen LogP contribution in [0.2, 0.25) is 0 Å². The van der Waals surface area contributed by atoms with Gasteiger partial charge in [0.2, 0.25) is 16.8 Å². The van der Waals surface area contributed by atoms with Crippen molar-refractivity contribution in [3.05, 3.63) is 12.1 Å². The highest BCUT2D eigenvalue weighted by molar-refractivity contribution is 7.70. The molecule has 2 aromatic rings. The van der Waals surface area contributed by atoms with Gasteiger partial charge in [-0.1, -0.05) is 0 Å². The Balaban J connectivity index is 1.88. The standard InChI is InChI=1S/C19H29N5O4S/c1-23(2)19-21-15-12-17(28-4)16(27-3)11-14(15)18(22-19)24-9-6-13(7-10-24)5-8-20-29(25)26/h11-13,29H,5-10H2,1-4H3,(H,20,25,26). The molecule has 0 unspecified atom stereocenters. The van der Waals surface area contributed by atoms with Gasteiger partial charge in [-0.15, -0.1) is 0 Å². The molecule has 9 nitrogen and oxygen atoms in total. The maximum atomic E-state index is 10.7. The molecular formula is C19H29N5O4S. The number of nitrogens with zero attached hydrogens (tertiary/aromatic N) is 4. The predicted molar refractivity (Wildman–Crippen MR) is 115 cm³/mol. The number of aromatic nitrogens is 2. The maximum Gasteiger partial charge on any atom is 0.227 e. The molecule has 0 radical (unpaired) electrons. The molecule has 1 aromatic carbocycles. The van der Waals surface area contributed by atoms with Crippen molar-refractivity contribution in [2.24, 2.45) is 5.92 Å². The Morgan fingerprint density at radius 3 is 2.38 bits per heavy atom. The number of fused-ring (bicyclic) bond motifs is 1. The lowest BCUT2D eigenvalue weighted by molar-refractivity contribution is 0.355. The number of benzene rings is 1. The minimum absolute atomic E-state index is 0.502. The molecule has 1 aromatic heterocycles. The number of nitrogens with one attached hydrogen (secondary N) is 1. The van der Waals surface area contributed by atoms with Crippen molar-refractivity contribution in [2.45, 2.75) is 19.3 Å². The quantitative estimate of drug-likeness (QED) is 0.616. The average molecular weight is 424 g/mol. The molecule has 0 aliphatic carbocycles. The molecule has 0 amide bonds. The first-order valence-electron chi connectivity index (χ1n) is 9.67. The van der Waals surface area contributed by atoms with Crippen LogP contribution in [-0.2, 0) is 10.9 Å². The largest absolute Gasteiger partial charge is 0.493 e. The summed E-state index contributed by atoms with van der Waals surface area (Å²) >= 11 is 0. The van der Waals surface area contributed by atoms with Gasteiger partial charge in [0.05, 0.1) is 19.7 Å². The Morgan fingerprint density at radius 2 is 1.79 bits per heavy atom. The van der Waals surface area contributed by atoms with Crippen molar-refractivity contribution in [3.63, 3.8) is 0 Å². The highest BCUT2D eigenvalue weighted by Crippen LogP contribution is 2.37. The van der Waals surface area contributed by atoms with E-state index in [1.54, 1.807) is 14.2 Å². The molecule has 29 heavy (non-hydrogen) atoms. The van der Waals surface area contributed by atoms with Gasteiger partial charge in [0.25, 0.3) is 0 Å². The maximum absolute atomic E-state index is 10.7. The van der Waals surface area contributed by atoms with Crippen molar-refractivity contribution < 1.29 is 17.9 Å². The van der Waals surface area contributed by atoms with Gasteiger partial charge in [-0.25, -0.2) is 18.1 Å². The van der Waals surface area contributed by atoms with Gasteiger partial charge >= 0.3 is 0 Å². The van der Waals surface area contributed by atoms with Crippen LogP contribution in [-0.4, -0.2) is 66.3 Å². The lowest BCUT2D eigenvalue weighted by Gasteiger charge is -2.33. The zero-order chi connectivity index (χ0) is 21.0. The van der Waals surface area contributed by atoms with E-state index in [-0.39, 0.29) is 0 Å². The van der Waals surface area contributed by atoms with Crippen LogP contribution in [0.25, 0.3) is 10.9 Å². The Kier molecular flexibility index (Phi) is 6.96. The summed E-state index contributed by atoms with van der Waals surface area (Å²) in [6.07, 6.45) is 2.84. The SMILES string of the molecule is COc1cc2nc(N(C)C)nc(N3CCC(CCN[SH](=O)=O)CC3)c2cc1OC. The van der Waals surface area contributed by atoms with Gasteiger partial charge in [-0.05, 0) is 31.2 Å². The molecule has 3 rings (SSSR count). The van der Waals surface area contributed by atoms with Gasteiger partial charge < -0.3 is 19.3 Å². The number of anilines is 2. The normalized spacial score (nSPS) is 15.1. The first-order chi connectivity index (χ1) is 13.9. The average Bonchev–Trinajstić information content (AvgIpc) is 2.72. The molecule has 160 valence electrons. The summed E-state index contributed by atoms with van der Waals surface area (Å²) in [5.74, 6) is 3.32. The van der Waals surface area contributed by atoms with Gasteiger partial charge in [-0.3, -0.25) is 0 Å². The molecule has 0 saturated carbocycles. The molecule has 1 N–H and O–H groups in total. The molecular weight excluding hydrogens is 394 g/mol. The van der Waals surface area contributed by atoms with Crippen LogP contribution in [0, 0.1) is 5.92 Å². The van der Waals surface area contributed by atoms with Gasteiger partial charge in [-0.2, -0.15) is 4.98 Å². The number of hydrogen-bond acceptors (Lipinski definition) is 8. The fourth-order valence-corrected chi connectivity index (χ4v) is 3.97. The second kappa shape index (κ2) is 9.45. The summed E-state index contributed by atoms with van der Waals surface area (Å²) in [6, 6.07) is 3.82. The number of thiol groups is 1. The zero-order valence-electron chi connectivity index (χ0n) is 17.3. The third kappa shape index (κ3) is 4.99. The molecule has 1 aliphatic heterocycles. The van der Waals surface area contributed by atoms with E-state index in [9.17, 15) is 8.42 Å². The predicted octanol–water partition coefficient (Wildman–Crippen LogP) is 1.44. The van der Waals surface area contributed by atoms with E-state index in [4.69, 9.17) is 14.5 Å². The summed E-state index contributed by atoms with van der Waals surface area (Å²) in [5.41, 5.74) is 0.807. The summed E-state index contributed by atoms with van der Waals surface area (Å²) in [7, 11) is 4.56. The van der Waals surface area contributed by atoms with Crippen molar-refractivity contribution in [2.75, 3.05) is 57.7 Å². The van der Waals surface area contributed by atoms with E-state index < -0.39 is 10.9 Å². The Labute approximate surface area is 173 Å². The van der Waals surface area contributed by atoms with E-state index in [2.05, 4.69) is 14.6 Å². The Morgan fingerprint density at radius 1 is 1.14 bits per heavy atom. The van der Waals surface area contributed by atoms with E-state index in [0.29, 0.717) is 29.9 Å². The third-order valence-corrected chi connectivity index (χ3v) is 5.76. The molecule has 1 aliphatic rings.